The minimum atomic E-state index is -0.535. The molecule has 2 aromatic rings. The van der Waals surface area contributed by atoms with Crippen LogP contribution in [-0.4, -0.2) is 80.3 Å². The third-order valence-electron chi connectivity index (χ3n) is 5.57. The fraction of sp³-hybridized carbons (Fsp3) is 0.591. The van der Waals surface area contributed by atoms with Gasteiger partial charge in [-0.15, -0.1) is 35.3 Å². The zero-order valence-corrected chi connectivity index (χ0v) is 21.3. The predicted molar refractivity (Wildman–Crippen MR) is 139 cm³/mol. The van der Waals surface area contributed by atoms with Gasteiger partial charge in [0.15, 0.2) is 5.96 Å². The summed E-state index contributed by atoms with van der Waals surface area (Å²) in [5.41, 5.74) is 0. The largest absolute Gasteiger partial charge is 0.386 e. The van der Waals surface area contributed by atoms with Crippen LogP contribution in [0.25, 0.3) is 10.1 Å². The van der Waals surface area contributed by atoms with Crippen molar-refractivity contribution in [3.05, 3.63) is 35.2 Å². The van der Waals surface area contributed by atoms with E-state index >= 15 is 0 Å². The number of hydrogen-bond acceptors (Lipinski definition) is 5. The van der Waals surface area contributed by atoms with Gasteiger partial charge in [0, 0.05) is 55.9 Å². The lowest BCUT2D eigenvalue weighted by molar-refractivity contribution is 0.136. The van der Waals surface area contributed by atoms with E-state index in [4.69, 9.17) is 0 Å². The van der Waals surface area contributed by atoms with E-state index < -0.39 is 6.10 Å². The van der Waals surface area contributed by atoms with Crippen LogP contribution in [0.4, 0.5) is 0 Å². The fourth-order valence-corrected chi connectivity index (χ4v) is 4.73. The molecule has 30 heavy (non-hydrogen) atoms. The second-order valence-electron chi connectivity index (χ2n) is 7.57. The fourth-order valence-electron chi connectivity index (χ4n) is 3.68. The van der Waals surface area contributed by atoms with Gasteiger partial charge < -0.3 is 25.5 Å². The first-order valence-electron chi connectivity index (χ1n) is 10.8. The van der Waals surface area contributed by atoms with Crippen LogP contribution in [0.3, 0.4) is 0 Å². The highest BCUT2D eigenvalue weighted by atomic mass is 127. The van der Waals surface area contributed by atoms with Gasteiger partial charge in [-0.1, -0.05) is 25.1 Å². The molecule has 0 saturated carbocycles. The first-order chi connectivity index (χ1) is 14.2. The van der Waals surface area contributed by atoms with Crippen molar-refractivity contribution >= 4 is 51.4 Å². The van der Waals surface area contributed by atoms with E-state index in [0.717, 1.165) is 23.8 Å². The van der Waals surface area contributed by atoms with Gasteiger partial charge >= 0.3 is 0 Å². The van der Waals surface area contributed by atoms with Gasteiger partial charge in [-0.2, -0.15) is 0 Å². The summed E-state index contributed by atoms with van der Waals surface area (Å²) < 4.78 is 1.21. The zero-order chi connectivity index (χ0) is 20.5. The summed E-state index contributed by atoms with van der Waals surface area (Å²) in [4.78, 5) is 10.3. The molecular formula is C22H36IN5OS. The molecule has 1 fully saturated rings. The quantitative estimate of drug-likeness (QED) is 0.196. The molecule has 8 heteroatoms. The van der Waals surface area contributed by atoms with E-state index in [0.29, 0.717) is 6.54 Å². The number of nitrogens with zero attached hydrogens (tertiary/aromatic N) is 3. The van der Waals surface area contributed by atoms with Gasteiger partial charge in [-0.3, -0.25) is 4.99 Å². The lowest BCUT2D eigenvalue weighted by Crippen LogP contribution is -2.46. The summed E-state index contributed by atoms with van der Waals surface area (Å²) in [7, 11) is 1.77. The Morgan fingerprint density at radius 2 is 1.87 bits per heavy atom. The van der Waals surface area contributed by atoms with Crippen molar-refractivity contribution in [1.29, 1.82) is 0 Å². The van der Waals surface area contributed by atoms with Crippen LogP contribution in [-0.2, 0) is 0 Å². The van der Waals surface area contributed by atoms with E-state index in [9.17, 15) is 5.11 Å². The molecular weight excluding hydrogens is 509 g/mol. The summed E-state index contributed by atoms with van der Waals surface area (Å²) in [5.74, 6) is 0.752. The number of benzene rings is 1. The molecule has 0 radical (unpaired) electrons. The van der Waals surface area contributed by atoms with Crippen molar-refractivity contribution in [1.82, 2.24) is 20.4 Å². The number of aliphatic hydroxyl groups excluding tert-OH is 1. The molecule has 0 spiro atoms. The van der Waals surface area contributed by atoms with E-state index in [1.165, 1.54) is 55.8 Å². The SMILES string of the molecule is CCN1CCN(CCCCNC(=NC)NCC(O)c2cc3ccccc3s2)CC1.I. The highest BCUT2D eigenvalue weighted by Crippen LogP contribution is 2.29. The van der Waals surface area contributed by atoms with E-state index in [-0.39, 0.29) is 24.0 Å². The molecule has 1 unspecified atom stereocenters. The molecule has 3 rings (SSSR count). The Balaban J connectivity index is 0.00000320. The molecule has 0 amide bonds. The number of likely N-dealkylation sites (N-methyl/N-ethyl adjacent to an activating group) is 1. The molecule has 1 aliphatic heterocycles. The van der Waals surface area contributed by atoms with Crippen molar-refractivity contribution < 1.29 is 5.11 Å². The Morgan fingerprint density at radius 3 is 2.57 bits per heavy atom. The Kier molecular flexibility index (Phi) is 11.4. The summed E-state index contributed by atoms with van der Waals surface area (Å²) in [6, 6.07) is 10.3. The Labute approximate surface area is 201 Å². The summed E-state index contributed by atoms with van der Waals surface area (Å²) >= 11 is 1.65. The van der Waals surface area contributed by atoms with Gasteiger partial charge in [-0.25, -0.2) is 0 Å². The number of thiophene rings is 1. The number of rotatable bonds is 9. The molecule has 2 heterocycles. The van der Waals surface area contributed by atoms with Crippen LogP contribution < -0.4 is 10.6 Å². The minimum Gasteiger partial charge on any atom is -0.386 e. The van der Waals surface area contributed by atoms with Crippen molar-refractivity contribution in [2.75, 3.05) is 59.4 Å². The van der Waals surface area contributed by atoms with Crippen LogP contribution >= 0.6 is 35.3 Å². The zero-order valence-electron chi connectivity index (χ0n) is 18.1. The molecule has 3 N–H and O–H groups in total. The van der Waals surface area contributed by atoms with E-state index in [1.54, 1.807) is 18.4 Å². The maximum Gasteiger partial charge on any atom is 0.191 e. The maximum absolute atomic E-state index is 10.5. The highest BCUT2D eigenvalue weighted by Gasteiger charge is 2.15. The third kappa shape index (κ3) is 7.64. The number of halogens is 1. The van der Waals surface area contributed by atoms with Gasteiger partial charge in [0.2, 0.25) is 0 Å². The molecule has 6 nitrogen and oxygen atoms in total. The number of aliphatic hydroxyl groups is 1. The van der Waals surface area contributed by atoms with Gasteiger partial charge in [0.25, 0.3) is 0 Å². The number of guanidine groups is 1. The topological polar surface area (TPSA) is 63.1 Å². The van der Waals surface area contributed by atoms with Crippen LogP contribution in [0.1, 0.15) is 30.7 Å². The van der Waals surface area contributed by atoms with Crippen molar-refractivity contribution in [2.24, 2.45) is 4.99 Å². The molecule has 0 aliphatic carbocycles. The number of piperazine rings is 1. The molecule has 1 aromatic carbocycles. The van der Waals surface area contributed by atoms with E-state index in [1.807, 2.05) is 12.1 Å². The van der Waals surface area contributed by atoms with Crippen molar-refractivity contribution in [2.45, 2.75) is 25.9 Å². The predicted octanol–water partition coefficient (Wildman–Crippen LogP) is 3.14. The Morgan fingerprint density at radius 1 is 1.13 bits per heavy atom. The Bertz CT molecular complexity index is 743. The number of hydrogen-bond donors (Lipinski definition) is 3. The molecule has 1 aromatic heterocycles. The molecule has 168 valence electrons. The average molecular weight is 546 g/mol. The van der Waals surface area contributed by atoms with Crippen LogP contribution in [0.2, 0.25) is 0 Å². The Hall–Kier alpha value is -0.940. The normalized spacial score (nSPS) is 17.0. The lowest BCUT2D eigenvalue weighted by atomic mass is 10.2. The van der Waals surface area contributed by atoms with Gasteiger partial charge in [0.05, 0.1) is 0 Å². The monoisotopic (exact) mass is 545 g/mol. The molecule has 0 bridgehead atoms. The number of nitrogens with one attached hydrogen (secondary N) is 2. The van der Waals surface area contributed by atoms with E-state index in [2.05, 4.69) is 50.5 Å². The van der Waals surface area contributed by atoms with Crippen molar-refractivity contribution in [3.8, 4) is 0 Å². The summed E-state index contributed by atoms with van der Waals surface area (Å²) in [6.45, 7) is 10.7. The number of fused-ring (bicyclic) bond motifs is 1. The molecule has 1 saturated heterocycles. The van der Waals surface area contributed by atoms with Crippen LogP contribution in [0, 0.1) is 0 Å². The highest BCUT2D eigenvalue weighted by molar-refractivity contribution is 14.0. The first kappa shape index (κ1) is 25.3. The molecule has 1 aliphatic rings. The summed E-state index contributed by atoms with van der Waals surface area (Å²) in [5, 5.41) is 18.3. The third-order valence-corrected chi connectivity index (χ3v) is 6.78. The lowest BCUT2D eigenvalue weighted by Gasteiger charge is -2.34. The van der Waals surface area contributed by atoms with Crippen LogP contribution in [0.15, 0.2) is 35.3 Å². The average Bonchev–Trinajstić information content (AvgIpc) is 3.20. The second kappa shape index (κ2) is 13.5. The van der Waals surface area contributed by atoms with Crippen LogP contribution in [0.5, 0.6) is 0 Å². The van der Waals surface area contributed by atoms with Crippen molar-refractivity contribution in [3.63, 3.8) is 0 Å². The standard InChI is InChI=1S/C22H35N5OS.HI/c1-3-26-12-14-27(15-13-26)11-7-6-10-24-22(23-2)25-17-19(28)21-16-18-8-4-5-9-20(18)29-21;/h4-5,8-9,16,19,28H,3,6-7,10-15,17H2,1-2H3,(H2,23,24,25);1H. The summed E-state index contributed by atoms with van der Waals surface area (Å²) in [6.07, 6.45) is 1.78. The second-order valence-corrected chi connectivity index (χ2v) is 8.68. The van der Waals surface area contributed by atoms with Gasteiger partial charge in [-0.05, 0) is 43.5 Å². The minimum absolute atomic E-state index is 0. The molecule has 1 atom stereocenters. The van der Waals surface area contributed by atoms with Gasteiger partial charge in [0.1, 0.15) is 6.10 Å². The first-order valence-corrected chi connectivity index (χ1v) is 11.6. The maximum atomic E-state index is 10.5. The number of aliphatic imine (C=N–C) groups is 1. The smallest absolute Gasteiger partial charge is 0.191 e. The number of unbranched alkanes of at least 4 members (excludes halogenated alkanes) is 1.